The van der Waals surface area contributed by atoms with Crippen molar-refractivity contribution >= 4 is 9.84 Å². The Bertz CT molecular complexity index is 650. The van der Waals surface area contributed by atoms with Crippen LogP contribution in [0.25, 0.3) is 0 Å². The molecule has 0 saturated heterocycles. The van der Waals surface area contributed by atoms with Gasteiger partial charge in [-0.05, 0) is 69.6 Å². The highest BCUT2D eigenvalue weighted by atomic mass is 32.2. The fourth-order valence-electron chi connectivity index (χ4n) is 3.07. The third-order valence-corrected chi connectivity index (χ3v) is 7.02. The monoisotopic (exact) mass is 354 g/mol. The topological polar surface area (TPSA) is 52.6 Å². The van der Waals surface area contributed by atoms with Gasteiger partial charge in [-0.1, -0.05) is 19.4 Å². The van der Waals surface area contributed by atoms with Gasteiger partial charge in [0, 0.05) is 0 Å². The summed E-state index contributed by atoms with van der Waals surface area (Å²) in [5.41, 5.74) is 2.42. The molecule has 4 nitrogen and oxygen atoms in total. The fourth-order valence-corrected chi connectivity index (χ4v) is 4.11. The number of rotatable bonds is 9. The van der Waals surface area contributed by atoms with Crippen molar-refractivity contribution in [2.45, 2.75) is 65.0 Å². The molecule has 1 aromatic rings. The molecule has 1 heterocycles. The van der Waals surface area contributed by atoms with Crippen molar-refractivity contribution in [3.05, 3.63) is 23.3 Å². The molecule has 0 aliphatic carbocycles. The predicted octanol–water partition coefficient (Wildman–Crippen LogP) is 4.29. The lowest BCUT2D eigenvalue weighted by molar-refractivity contribution is 0.173. The van der Waals surface area contributed by atoms with Crippen LogP contribution in [0.2, 0.25) is 0 Å². The molecule has 1 unspecified atom stereocenters. The van der Waals surface area contributed by atoms with Gasteiger partial charge in [0.15, 0.2) is 21.3 Å². The first-order valence-corrected chi connectivity index (χ1v) is 10.6. The lowest BCUT2D eigenvalue weighted by atomic mass is 9.96. The van der Waals surface area contributed by atoms with Gasteiger partial charge in [0.25, 0.3) is 0 Å². The summed E-state index contributed by atoms with van der Waals surface area (Å²) >= 11 is 0. The maximum Gasteiger partial charge on any atom is 0.231 e. The minimum Gasteiger partial charge on any atom is -0.454 e. The number of benzene rings is 1. The number of ether oxygens (including phenoxy) is 2. The lowest BCUT2D eigenvalue weighted by Gasteiger charge is -2.13. The summed E-state index contributed by atoms with van der Waals surface area (Å²) < 4.78 is 34.5. The maximum absolute atomic E-state index is 11.8. The molecule has 1 aromatic carbocycles. The van der Waals surface area contributed by atoms with Crippen LogP contribution in [0.15, 0.2) is 12.1 Å². The highest BCUT2D eigenvalue weighted by Crippen LogP contribution is 2.36. The van der Waals surface area contributed by atoms with Crippen LogP contribution in [0.1, 0.15) is 57.6 Å². The van der Waals surface area contributed by atoms with E-state index in [2.05, 4.69) is 26.0 Å². The molecule has 0 spiro atoms. The van der Waals surface area contributed by atoms with Crippen molar-refractivity contribution in [3.63, 3.8) is 0 Å². The third-order valence-electron chi connectivity index (χ3n) is 4.72. The number of hydrogen-bond donors (Lipinski definition) is 0. The van der Waals surface area contributed by atoms with Crippen molar-refractivity contribution in [1.82, 2.24) is 0 Å². The van der Waals surface area contributed by atoms with Gasteiger partial charge in [0.2, 0.25) is 6.79 Å². The first kappa shape index (κ1) is 19.1. The van der Waals surface area contributed by atoms with Crippen molar-refractivity contribution in [3.8, 4) is 11.5 Å². The van der Waals surface area contributed by atoms with Gasteiger partial charge in [0.1, 0.15) is 0 Å². The van der Waals surface area contributed by atoms with Crippen LogP contribution in [0.5, 0.6) is 11.5 Å². The van der Waals surface area contributed by atoms with Crippen molar-refractivity contribution < 1.29 is 17.9 Å². The van der Waals surface area contributed by atoms with Gasteiger partial charge in [-0.3, -0.25) is 0 Å². The normalized spacial score (nSPS) is 15.0. The molecule has 0 saturated carbocycles. The van der Waals surface area contributed by atoms with Gasteiger partial charge >= 0.3 is 0 Å². The smallest absolute Gasteiger partial charge is 0.231 e. The van der Waals surface area contributed by atoms with Crippen LogP contribution >= 0.6 is 0 Å². The Balaban J connectivity index is 1.71. The molecule has 5 heteroatoms. The zero-order valence-corrected chi connectivity index (χ0v) is 16.1. The Hall–Kier alpha value is -1.23. The molecule has 2 rings (SSSR count). The van der Waals surface area contributed by atoms with Crippen LogP contribution in [0.4, 0.5) is 0 Å². The first-order chi connectivity index (χ1) is 11.3. The van der Waals surface area contributed by atoms with Gasteiger partial charge in [0.05, 0.1) is 11.0 Å². The number of fused-ring (bicyclic) bond motifs is 1. The van der Waals surface area contributed by atoms with E-state index in [1.165, 1.54) is 5.56 Å². The summed E-state index contributed by atoms with van der Waals surface area (Å²) in [5.74, 6) is 2.61. The summed E-state index contributed by atoms with van der Waals surface area (Å²) in [5, 5.41) is -0.262. The largest absolute Gasteiger partial charge is 0.454 e. The maximum atomic E-state index is 11.8. The van der Waals surface area contributed by atoms with Gasteiger partial charge < -0.3 is 9.47 Å². The Kier molecular flexibility index (Phi) is 6.55. The fraction of sp³-hybridized carbons (Fsp3) is 0.684. The van der Waals surface area contributed by atoms with Crippen LogP contribution in [-0.4, -0.2) is 26.2 Å². The molecular formula is C19H30O4S. The molecule has 1 atom stereocenters. The quantitative estimate of drug-likeness (QED) is 0.664. The van der Waals surface area contributed by atoms with Crippen molar-refractivity contribution in [1.29, 1.82) is 0 Å². The molecule has 24 heavy (non-hydrogen) atoms. The molecule has 1 aliphatic rings. The van der Waals surface area contributed by atoms with E-state index in [-0.39, 0.29) is 5.25 Å². The first-order valence-electron chi connectivity index (χ1n) is 8.90. The zero-order valence-electron chi connectivity index (χ0n) is 15.3. The molecule has 0 bridgehead atoms. The van der Waals surface area contributed by atoms with E-state index >= 15 is 0 Å². The Morgan fingerprint density at radius 1 is 1.08 bits per heavy atom. The van der Waals surface area contributed by atoms with Gasteiger partial charge in [-0.2, -0.15) is 0 Å². The highest BCUT2D eigenvalue weighted by molar-refractivity contribution is 7.91. The SMILES string of the molecule is Cc1cc(CCCC(C)CCCS(=O)(=O)C(C)C)cc2c1OCO2. The standard InChI is InChI=1S/C19H30O4S/c1-14(2)24(20,21)10-6-8-15(3)7-5-9-17-11-16(4)19-18(12-17)22-13-23-19/h11-12,14-15H,5-10,13H2,1-4H3. The molecule has 0 N–H and O–H groups in total. The number of aryl methyl sites for hydroxylation is 2. The number of sulfone groups is 1. The average molecular weight is 355 g/mol. The van der Waals surface area contributed by atoms with E-state index in [0.29, 0.717) is 18.5 Å². The summed E-state index contributed by atoms with van der Waals surface area (Å²) in [6.07, 6.45) is 5.00. The Morgan fingerprint density at radius 3 is 2.50 bits per heavy atom. The second kappa shape index (κ2) is 8.24. The third kappa shape index (κ3) is 5.13. The van der Waals surface area contributed by atoms with E-state index < -0.39 is 9.84 Å². The van der Waals surface area contributed by atoms with Crippen LogP contribution in [0, 0.1) is 12.8 Å². The van der Waals surface area contributed by atoms with E-state index in [0.717, 1.165) is 49.2 Å². The molecular weight excluding hydrogens is 324 g/mol. The summed E-state index contributed by atoms with van der Waals surface area (Å²) in [6, 6.07) is 4.25. The summed E-state index contributed by atoms with van der Waals surface area (Å²) in [6.45, 7) is 8.09. The van der Waals surface area contributed by atoms with E-state index in [1.54, 1.807) is 13.8 Å². The minimum atomic E-state index is -2.89. The molecule has 136 valence electrons. The second-order valence-electron chi connectivity index (χ2n) is 7.20. The van der Waals surface area contributed by atoms with Gasteiger partial charge in [-0.25, -0.2) is 8.42 Å². The second-order valence-corrected chi connectivity index (χ2v) is 9.88. The van der Waals surface area contributed by atoms with Crippen molar-refractivity contribution in [2.75, 3.05) is 12.5 Å². The Morgan fingerprint density at radius 2 is 1.79 bits per heavy atom. The van der Waals surface area contributed by atoms with E-state index in [4.69, 9.17) is 9.47 Å². The molecule has 0 aromatic heterocycles. The van der Waals surface area contributed by atoms with E-state index in [9.17, 15) is 8.42 Å². The van der Waals surface area contributed by atoms with Gasteiger partial charge in [-0.15, -0.1) is 0 Å². The molecule has 0 amide bonds. The van der Waals surface area contributed by atoms with Crippen LogP contribution in [0.3, 0.4) is 0 Å². The van der Waals surface area contributed by atoms with E-state index in [1.807, 2.05) is 0 Å². The predicted molar refractivity (Wildman–Crippen MR) is 97.6 cm³/mol. The minimum absolute atomic E-state index is 0.262. The molecule has 0 fully saturated rings. The molecule has 0 radical (unpaired) electrons. The lowest BCUT2D eigenvalue weighted by Crippen LogP contribution is -2.18. The zero-order chi connectivity index (χ0) is 17.7. The number of hydrogen-bond acceptors (Lipinski definition) is 4. The summed E-state index contributed by atoms with van der Waals surface area (Å²) in [7, 11) is -2.89. The van der Waals surface area contributed by atoms with Crippen molar-refractivity contribution in [2.24, 2.45) is 5.92 Å². The Labute approximate surface area is 146 Å². The van der Waals surface area contributed by atoms with Crippen LogP contribution in [-0.2, 0) is 16.3 Å². The average Bonchev–Trinajstić information content (AvgIpc) is 2.96. The summed E-state index contributed by atoms with van der Waals surface area (Å²) in [4.78, 5) is 0. The molecule has 1 aliphatic heterocycles. The van der Waals surface area contributed by atoms with Crippen LogP contribution < -0.4 is 9.47 Å². The highest BCUT2D eigenvalue weighted by Gasteiger charge is 2.17.